The highest BCUT2D eigenvalue weighted by Gasteiger charge is 2.24. The minimum atomic E-state index is -0.569. The molecule has 0 aliphatic carbocycles. The lowest BCUT2D eigenvalue weighted by atomic mass is 9.95. The Morgan fingerprint density at radius 3 is 2.45 bits per heavy atom. The molecule has 1 aliphatic heterocycles. The number of hydrogen-bond acceptors (Lipinski definition) is 5. The summed E-state index contributed by atoms with van der Waals surface area (Å²) in [7, 11) is 0. The third kappa shape index (κ3) is 5.60. The average molecular weight is 580 g/mol. The number of hydrogen-bond donors (Lipinski definition) is 2. The SMILES string of the molecule is CC(C)(C)C(=O)NCc1ccc(Cl)c(C(=O)Nc2ccc3c(N4CCC4)nc(-c4ccccc4F)nc3c2)c1Cl. The lowest BCUT2D eigenvalue weighted by Gasteiger charge is -2.33. The molecule has 0 spiro atoms. The molecule has 0 radical (unpaired) electrons. The Bertz CT molecular complexity index is 1630. The first-order valence-corrected chi connectivity index (χ1v) is 13.7. The topological polar surface area (TPSA) is 87.2 Å². The molecule has 3 aromatic carbocycles. The standard InChI is InChI=1S/C30H28Cl2FN5O2/c1-30(2,3)29(40)34-16-17-9-12-21(31)24(25(17)32)28(39)35-18-10-11-20-23(15-18)36-26(19-7-4-5-8-22(19)33)37-27(20)38-13-6-14-38/h4-5,7-12,15H,6,13-14,16H2,1-3H3,(H,34,40)(H,35,39). The minimum absolute atomic E-state index is 0.0990. The zero-order valence-electron chi connectivity index (χ0n) is 22.3. The van der Waals surface area contributed by atoms with E-state index in [9.17, 15) is 14.0 Å². The second kappa shape index (κ2) is 11.0. The Morgan fingerprint density at radius 1 is 1.02 bits per heavy atom. The summed E-state index contributed by atoms with van der Waals surface area (Å²) in [5.74, 6) is -0.0704. The number of nitrogens with one attached hydrogen (secondary N) is 2. The van der Waals surface area contributed by atoms with Crippen molar-refractivity contribution in [3.05, 3.63) is 81.6 Å². The number of benzene rings is 3. The van der Waals surface area contributed by atoms with Crippen molar-refractivity contribution in [1.29, 1.82) is 0 Å². The predicted octanol–water partition coefficient (Wildman–Crippen LogP) is 6.87. The number of carbonyl (C=O) groups excluding carboxylic acids is 2. The highest BCUT2D eigenvalue weighted by atomic mass is 35.5. The van der Waals surface area contributed by atoms with Crippen molar-refractivity contribution in [2.45, 2.75) is 33.7 Å². The summed E-state index contributed by atoms with van der Waals surface area (Å²) in [5.41, 5.74) is 1.42. The van der Waals surface area contributed by atoms with Gasteiger partial charge >= 0.3 is 0 Å². The van der Waals surface area contributed by atoms with E-state index in [4.69, 9.17) is 28.2 Å². The summed E-state index contributed by atoms with van der Waals surface area (Å²) in [6.45, 7) is 7.29. The van der Waals surface area contributed by atoms with E-state index >= 15 is 0 Å². The Morgan fingerprint density at radius 2 is 1.77 bits per heavy atom. The molecule has 10 heteroatoms. The number of anilines is 2. The van der Waals surface area contributed by atoms with Crippen LogP contribution in [-0.2, 0) is 11.3 Å². The molecule has 7 nitrogen and oxygen atoms in total. The number of fused-ring (bicyclic) bond motifs is 1. The average Bonchev–Trinajstić information content (AvgIpc) is 2.86. The first kappa shape index (κ1) is 27.8. The van der Waals surface area contributed by atoms with E-state index in [0.29, 0.717) is 22.3 Å². The summed E-state index contributed by atoms with van der Waals surface area (Å²) < 4.78 is 14.6. The molecule has 1 saturated heterocycles. The number of aromatic nitrogens is 2. The molecular formula is C30H28Cl2FN5O2. The van der Waals surface area contributed by atoms with Gasteiger partial charge in [0.1, 0.15) is 11.6 Å². The molecule has 0 atom stereocenters. The quantitative estimate of drug-likeness (QED) is 0.260. The summed E-state index contributed by atoms with van der Waals surface area (Å²) in [6, 6.07) is 14.9. The van der Waals surface area contributed by atoms with Crippen molar-refractivity contribution in [2.24, 2.45) is 5.41 Å². The third-order valence-electron chi connectivity index (χ3n) is 6.72. The number of rotatable bonds is 6. The van der Waals surface area contributed by atoms with Gasteiger partial charge in [-0.2, -0.15) is 0 Å². The van der Waals surface area contributed by atoms with Crippen molar-refractivity contribution in [3.8, 4) is 11.4 Å². The van der Waals surface area contributed by atoms with Gasteiger partial charge in [0.25, 0.3) is 5.91 Å². The van der Waals surface area contributed by atoms with Gasteiger partial charge in [0, 0.05) is 36.1 Å². The molecule has 1 fully saturated rings. The van der Waals surface area contributed by atoms with Gasteiger partial charge in [-0.05, 0) is 48.4 Å². The van der Waals surface area contributed by atoms with Crippen molar-refractivity contribution < 1.29 is 14.0 Å². The third-order valence-corrected chi connectivity index (χ3v) is 7.47. The maximum atomic E-state index is 14.6. The van der Waals surface area contributed by atoms with Gasteiger partial charge < -0.3 is 15.5 Å². The fourth-order valence-corrected chi connectivity index (χ4v) is 4.91. The normalized spacial score (nSPS) is 13.2. The largest absolute Gasteiger partial charge is 0.356 e. The molecule has 0 unspecified atom stereocenters. The summed E-state index contributed by atoms with van der Waals surface area (Å²) >= 11 is 13.0. The van der Waals surface area contributed by atoms with Crippen LogP contribution in [0.4, 0.5) is 15.9 Å². The van der Waals surface area contributed by atoms with Crippen LogP contribution in [0.25, 0.3) is 22.3 Å². The second-order valence-electron chi connectivity index (χ2n) is 10.7. The van der Waals surface area contributed by atoms with Crippen molar-refractivity contribution in [2.75, 3.05) is 23.3 Å². The van der Waals surface area contributed by atoms with Crippen molar-refractivity contribution >= 4 is 57.4 Å². The lowest BCUT2D eigenvalue weighted by molar-refractivity contribution is -0.128. The van der Waals surface area contributed by atoms with Crippen LogP contribution >= 0.6 is 23.2 Å². The molecule has 2 N–H and O–H groups in total. The molecule has 40 heavy (non-hydrogen) atoms. The Kier molecular flexibility index (Phi) is 7.66. The molecule has 0 saturated carbocycles. The van der Waals surface area contributed by atoms with Gasteiger partial charge in [0.05, 0.1) is 26.7 Å². The van der Waals surface area contributed by atoms with E-state index in [1.165, 1.54) is 6.07 Å². The molecule has 4 aromatic rings. The van der Waals surface area contributed by atoms with Gasteiger partial charge in [-0.3, -0.25) is 9.59 Å². The molecule has 0 bridgehead atoms. The Labute approximate surface area is 241 Å². The van der Waals surface area contributed by atoms with Crippen molar-refractivity contribution in [3.63, 3.8) is 0 Å². The van der Waals surface area contributed by atoms with Crippen LogP contribution in [-0.4, -0.2) is 34.9 Å². The highest BCUT2D eigenvalue weighted by molar-refractivity contribution is 6.40. The fourth-order valence-electron chi connectivity index (χ4n) is 4.30. The zero-order chi connectivity index (χ0) is 28.6. The molecule has 1 aromatic heterocycles. The number of halogens is 3. The zero-order valence-corrected chi connectivity index (χ0v) is 23.8. The van der Waals surface area contributed by atoms with E-state index in [2.05, 4.69) is 20.5 Å². The summed E-state index contributed by atoms with van der Waals surface area (Å²) in [4.78, 5) is 37.1. The van der Waals surface area contributed by atoms with Gasteiger partial charge in [-0.25, -0.2) is 14.4 Å². The smallest absolute Gasteiger partial charge is 0.258 e. The first-order valence-electron chi connectivity index (χ1n) is 12.9. The Hall–Kier alpha value is -3.75. The summed E-state index contributed by atoms with van der Waals surface area (Å²) in [5, 5.41) is 6.82. The van der Waals surface area contributed by atoms with E-state index in [0.717, 1.165) is 30.7 Å². The molecule has 5 rings (SSSR count). The van der Waals surface area contributed by atoms with E-state index in [-0.39, 0.29) is 33.9 Å². The maximum Gasteiger partial charge on any atom is 0.258 e. The van der Waals surface area contributed by atoms with Gasteiger partial charge in [0.15, 0.2) is 5.82 Å². The van der Waals surface area contributed by atoms with Crippen LogP contribution in [0.5, 0.6) is 0 Å². The highest BCUT2D eigenvalue weighted by Crippen LogP contribution is 2.33. The van der Waals surface area contributed by atoms with E-state index in [1.807, 2.05) is 26.8 Å². The van der Waals surface area contributed by atoms with E-state index in [1.54, 1.807) is 42.5 Å². The minimum Gasteiger partial charge on any atom is -0.356 e. The molecule has 206 valence electrons. The number of amides is 2. The fraction of sp³-hybridized carbons (Fsp3) is 0.267. The molecular weight excluding hydrogens is 552 g/mol. The molecule has 2 heterocycles. The lowest BCUT2D eigenvalue weighted by Crippen LogP contribution is -2.37. The van der Waals surface area contributed by atoms with Gasteiger partial charge in [-0.1, -0.05) is 62.2 Å². The summed E-state index contributed by atoms with van der Waals surface area (Å²) in [6.07, 6.45) is 1.05. The van der Waals surface area contributed by atoms with E-state index < -0.39 is 17.1 Å². The van der Waals surface area contributed by atoms with Crippen LogP contribution in [0, 0.1) is 11.2 Å². The monoisotopic (exact) mass is 579 g/mol. The van der Waals surface area contributed by atoms with Crippen LogP contribution < -0.4 is 15.5 Å². The van der Waals surface area contributed by atoms with Crippen LogP contribution in [0.3, 0.4) is 0 Å². The first-order chi connectivity index (χ1) is 19.0. The molecule has 2 amide bonds. The predicted molar refractivity (Wildman–Crippen MR) is 157 cm³/mol. The van der Waals surface area contributed by atoms with Crippen LogP contribution in [0.15, 0.2) is 54.6 Å². The maximum absolute atomic E-state index is 14.6. The number of carbonyl (C=O) groups is 2. The van der Waals surface area contributed by atoms with Crippen LogP contribution in [0.2, 0.25) is 10.0 Å². The Balaban J connectivity index is 1.46. The number of nitrogens with zero attached hydrogens (tertiary/aromatic N) is 3. The molecule has 1 aliphatic rings. The van der Waals surface area contributed by atoms with Gasteiger partial charge in [0.2, 0.25) is 5.91 Å². The van der Waals surface area contributed by atoms with Gasteiger partial charge in [-0.15, -0.1) is 0 Å². The second-order valence-corrected chi connectivity index (χ2v) is 11.5. The van der Waals surface area contributed by atoms with Crippen molar-refractivity contribution in [1.82, 2.24) is 15.3 Å². The van der Waals surface area contributed by atoms with Crippen LogP contribution in [0.1, 0.15) is 43.1 Å².